The van der Waals surface area contributed by atoms with Gasteiger partial charge in [-0.2, -0.15) is 17.6 Å². The smallest absolute Gasteiger partial charge is 0.346 e. The predicted molar refractivity (Wildman–Crippen MR) is 37.4 cm³/mol. The molecule has 0 radical (unpaired) electrons. The first-order valence-corrected chi connectivity index (χ1v) is 4.05. The minimum atomic E-state index is -6.02. The molecule has 17 heavy (non-hydrogen) atoms. The SMILES string of the molecule is OCC(F)(F)[C@@H](F)C(F)(F)C(F)(F)CC(F)F. The van der Waals surface area contributed by atoms with Crippen molar-refractivity contribution >= 4 is 0 Å². The molecule has 0 aliphatic rings. The van der Waals surface area contributed by atoms with Crippen LogP contribution < -0.4 is 0 Å². The van der Waals surface area contributed by atoms with E-state index in [1.165, 1.54) is 0 Å². The molecule has 0 bridgehead atoms. The second kappa shape index (κ2) is 4.91. The summed E-state index contributed by atoms with van der Waals surface area (Å²) < 4.78 is 110. The van der Waals surface area contributed by atoms with Crippen molar-refractivity contribution in [1.82, 2.24) is 0 Å². The molecule has 0 aromatic heterocycles. The molecule has 0 unspecified atom stereocenters. The first-order valence-electron chi connectivity index (χ1n) is 4.05. The van der Waals surface area contributed by atoms with Crippen molar-refractivity contribution in [2.45, 2.75) is 36.8 Å². The Bertz CT molecular complexity index is 252. The Morgan fingerprint density at radius 3 is 1.59 bits per heavy atom. The second-order valence-corrected chi connectivity index (χ2v) is 3.20. The second-order valence-electron chi connectivity index (χ2n) is 3.20. The molecule has 0 amide bonds. The topological polar surface area (TPSA) is 20.2 Å². The molecule has 0 aliphatic carbocycles. The summed E-state index contributed by atoms with van der Waals surface area (Å²) in [5.74, 6) is -16.8. The van der Waals surface area contributed by atoms with E-state index in [-0.39, 0.29) is 0 Å². The highest BCUT2D eigenvalue weighted by molar-refractivity contribution is 4.97. The Hall–Kier alpha value is -0.670. The fourth-order valence-electron chi connectivity index (χ4n) is 0.861. The zero-order valence-electron chi connectivity index (χ0n) is 7.92. The van der Waals surface area contributed by atoms with Gasteiger partial charge in [0.05, 0.1) is 6.42 Å². The van der Waals surface area contributed by atoms with Crippen molar-refractivity contribution in [1.29, 1.82) is 0 Å². The maximum absolute atomic E-state index is 12.6. The maximum atomic E-state index is 12.6. The van der Waals surface area contributed by atoms with Crippen LogP contribution in [-0.2, 0) is 0 Å². The molecule has 1 N–H and O–H groups in total. The summed E-state index contributed by atoms with van der Waals surface area (Å²) in [4.78, 5) is 0. The standard InChI is InChI=1S/C7H7F9O/c8-3(9)1-6(13,14)7(15,16)4(10)5(11,12)2-17/h3-4,17H,1-2H2/t4-/m1/s1. The largest absolute Gasteiger partial charge is 0.390 e. The highest BCUT2D eigenvalue weighted by Gasteiger charge is 2.68. The van der Waals surface area contributed by atoms with Crippen LogP contribution in [0, 0.1) is 0 Å². The van der Waals surface area contributed by atoms with E-state index in [9.17, 15) is 39.5 Å². The first-order chi connectivity index (χ1) is 7.38. The van der Waals surface area contributed by atoms with Crippen molar-refractivity contribution in [3.63, 3.8) is 0 Å². The van der Waals surface area contributed by atoms with Gasteiger partial charge in [0.1, 0.15) is 6.61 Å². The normalized spacial score (nSPS) is 16.4. The van der Waals surface area contributed by atoms with E-state index in [2.05, 4.69) is 0 Å². The van der Waals surface area contributed by atoms with Crippen LogP contribution in [0.5, 0.6) is 0 Å². The molecule has 0 fully saturated rings. The fraction of sp³-hybridized carbons (Fsp3) is 1.00. The summed E-state index contributed by atoms with van der Waals surface area (Å²) in [7, 11) is 0. The Morgan fingerprint density at radius 1 is 0.882 bits per heavy atom. The molecular formula is C7H7F9O. The molecule has 0 aromatic rings. The monoisotopic (exact) mass is 278 g/mol. The molecule has 104 valence electrons. The van der Waals surface area contributed by atoms with Gasteiger partial charge in [-0.25, -0.2) is 22.0 Å². The highest BCUT2D eigenvalue weighted by atomic mass is 19.3. The maximum Gasteiger partial charge on any atom is 0.346 e. The van der Waals surface area contributed by atoms with Gasteiger partial charge in [0, 0.05) is 0 Å². The van der Waals surface area contributed by atoms with Crippen LogP contribution in [0.2, 0.25) is 0 Å². The van der Waals surface area contributed by atoms with Gasteiger partial charge >= 0.3 is 17.8 Å². The summed E-state index contributed by atoms with van der Waals surface area (Å²) in [5.41, 5.74) is 0. The lowest BCUT2D eigenvalue weighted by Gasteiger charge is -2.31. The lowest BCUT2D eigenvalue weighted by molar-refractivity contribution is -0.289. The molecule has 0 heterocycles. The van der Waals surface area contributed by atoms with Crippen molar-refractivity contribution in [3.05, 3.63) is 0 Å². The number of halogens is 9. The Labute approximate surface area is 89.2 Å². The molecule has 0 spiro atoms. The summed E-state index contributed by atoms with van der Waals surface area (Å²) in [6, 6.07) is 0. The van der Waals surface area contributed by atoms with Crippen molar-refractivity contribution in [3.8, 4) is 0 Å². The van der Waals surface area contributed by atoms with Crippen LogP contribution in [-0.4, -0.2) is 42.1 Å². The number of aliphatic hydroxyl groups is 1. The van der Waals surface area contributed by atoms with E-state index < -0.39 is 43.4 Å². The average Bonchev–Trinajstić information content (AvgIpc) is 2.14. The summed E-state index contributed by atoms with van der Waals surface area (Å²) in [5, 5.41) is 7.86. The van der Waals surface area contributed by atoms with E-state index in [1.54, 1.807) is 0 Å². The third-order valence-corrected chi connectivity index (χ3v) is 1.80. The van der Waals surface area contributed by atoms with E-state index in [0.29, 0.717) is 0 Å². The van der Waals surface area contributed by atoms with Crippen molar-refractivity contribution in [2.24, 2.45) is 0 Å². The van der Waals surface area contributed by atoms with Gasteiger partial charge in [-0.05, 0) is 0 Å². The zero-order chi connectivity index (χ0) is 14.1. The van der Waals surface area contributed by atoms with Crippen LogP contribution in [0.4, 0.5) is 39.5 Å². The quantitative estimate of drug-likeness (QED) is 0.741. The number of aliphatic hydroxyl groups excluding tert-OH is 1. The Balaban J connectivity index is 5.11. The number of hydrogen-bond donors (Lipinski definition) is 1. The molecule has 0 aliphatic heterocycles. The molecule has 1 nitrogen and oxygen atoms in total. The van der Waals surface area contributed by atoms with Gasteiger partial charge in [-0.3, -0.25) is 0 Å². The number of alkyl halides is 9. The third-order valence-electron chi connectivity index (χ3n) is 1.80. The fourth-order valence-corrected chi connectivity index (χ4v) is 0.861. The van der Waals surface area contributed by atoms with Gasteiger partial charge in [0.2, 0.25) is 12.6 Å². The molecule has 0 saturated carbocycles. The van der Waals surface area contributed by atoms with Gasteiger partial charge in [0.25, 0.3) is 0 Å². The van der Waals surface area contributed by atoms with Crippen LogP contribution in [0.15, 0.2) is 0 Å². The summed E-state index contributed by atoms with van der Waals surface area (Å²) in [6.45, 7) is -2.45. The summed E-state index contributed by atoms with van der Waals surface area (Å²) in [6.07, 6.45) is -11.5. The number of rotatable bonds is 6. The van der Waals surface area contributed by atoms with Crippen LogP contribution in [0.1, 0.15) is 6.42 Å². The molecule has 0 saturated heterocycles. The predicted octanol–water partition coefficient (Wildman–Crippen LogP) is 2.88. The van der Waals surface area contributed by atoms with E-state index >= 15 is 0 Å². The Morgan fingerprint density at radius 2 is 1.29 bits per heavy atom. The van der Waals surface area contributed by atoms with E-state index in [1.807, 2.05) is 0 Å². The molecule has 10 heteroatoms. The Kier molecular flexibility index (Phi) is 4.71. The van der Waals surface area contributed by atoms with Gasteiger partial charge in [-0.15, -0.1) is 0 Å². The molecular weight excluding hydrogens is 271 g/mol. The van der Waals surface area contributed by atoms with Gasteiger partial charge < -0.3 is 5.11 Å². The molecule has 0 rings (SSSR count). The van der Waals surface area contributed by atoms with Crippen molar-refractivity contribution in [2.75, 3.05) is 6.61 Å². The van der Waals surface area contributed by atoms with Crippen LogP contribution >= 0.6 is 0 Å². The first kappa shape index (κ1) is 16.3. The number of hydrogen-bond acceptors (Lipinski definition) is 1. The van der Waals surface area contributed by atoms with E-state index in [4.69, 9.17) is 5.11 Å². The average molecular weight is 278 g/mol. The van der Waals surface area contributed by atoms with Crippen LogP contribution in [0.3, 0.4) is 0 Å². The van der Waals surface area contributed by atoms with Crippen molar-refractivity contribution < 1.29 is 44.6 Å². The molecule has 0 aromatic carbocycles. The zero-order valence-corrected chi connectivity index (χ0v) is 7.92. The lowest BCUT2D eigenvalue weighted by Crippen LogP contribution is -2.56. The lowest BCUT2D eigenvalue weighted by atomic mass is 9.99. The van der Waals surface area contributed by atoms with Gasteiger partial charge in [-0.1, -0.05) is 0 Å². The van der Waals surface area contributed by atoms with Gasteiger partial charge in [0.15, 0.2) is 0 Å². The van der Waals surface area contributed by atoms with E-state index in [0.717, 1.165) is 0 Å². The minimum absolute atomic E-state index is 2.45. The third kappa shape index (κ3) is 3.39. The minimum Gasteiger partial charge on any atom is -0.390 e. The van der Waals surface area contributed by atoms with Crippen LogP contribution in [0.25, 0.3) is 0 Å². The highest BCUT2D eigenvalue weighted by Crippen LogP contribution is 2.46. The summed E-state index contributed by atoms with van der Waals surface area (Å²) >= 11 is 0. The molecule has 1 atom stereocenters.